The smallest absolute Gasteiger partial charge is 0.0270 e. The average Bonchev–Trinajstić information content (AvgIpc) is 2.41. The number of likely N-dealkylation sites (N-methyl/N-ethyl adjacent to an activating group) is 1. The highest BCUT2D eigenvalue weighted by atomic mass is 15.1. The molecule has 3 heteroatoms. The fourth-order valence-electron chi connectivity index (χ4n) is 2.04. The molecule has 0 radical (unpaired) electrons. The predicted octanol–water partition coefficient (Wildman–Crippen LogP) is 2.47. The van der Waals surface area contributed by atoms with Crippen LogP contribution in [-0.2, 0) is 6.42 Å². The molecule has 0 atom stereocenters. The first kappa shape index (κ1) is 15.1. The first-order valence-electron chi connectivity index (χ1n) is 7.10. The maximum atomic E-state index is 5.47. The van der Waals surface area contributed by atoms with Gasteiger partial charge in [-0.05, 0) is 57.1 Å². The van der Waals surface area contributed by atoms with Gasteiger partial charge < -0.3 is 10.6 Å². The van der Waals surface area contributed by atoms with Gasteiger partial charge in [-0.2, -0.15) is 0 Å². The molecule has 0 aliphatic heterocycles. The van der Waals surface area contributed by atoms with Crippen LogP contribution in [0.1, 0.15) is 37.7 Å². The molecule has 0 spiro atoms. The van der Waals surface area contributed by atoms with E-state index in [1.165, 1.54) is 44.2 Å². The third-order valence-electron chi connectivity index (χ3n) is 3.28. The average molecular weight is 249 g/mol. The maximum absolute atomic E-state index is 5.47. The van der Waals surface area contributed by atoms with Crippen LogP contribution in [0.25, 0.3) is 0 Å². The van der Waals surface area contributed by atoms with Crippen molar-refractivity contribution in [1.82, 2.24) is 9.88 Å². The summed E-state index contributed by atoms with van der Waals surface area (Å²) in [6.07, 6.45) is 11.3. The number of rotatable bonds is 10. The van der Waals surface area contributed by atoms with Crippen molar-refractivity contribution in [2.45, 2.75) is 38.5 Å². The Labute approximate surface area is 111 Å². The number of nitrogens with zero attached hydrogens (tertiary/aromatic N) is 2. The molecule has 1 aromatic rings. The topological polar surface area (TPSA) is 42.1 Å². The van der Waals surface area contributed by atoms with Gasteiger partial charge in [0.05, 0.1) is 0 Å². The molecule has 2 N–H and O–H groups in total. The molecule has 0 aliphatic carbocycles. The Balaban J connectivity index is 1.99. The molecule has 0 aromatic carbocycles. The lowest BCUT2D eigenvalue weighted by Crippen LogP contribution is -2.22. The van der Waals surface area contributed by atoms with E-state index in [4.69, 9.17) is 5.73 Å². The van der Waals surface area contributed by atoms with Gasteiger partial charge in [-0.15, -0.1) is 0 Å². The lowest BCUT2D eigenvalue weighted by molar-refractivity contribution is 0.327. The number of unbranched alkanes of at least 4 members (excludes halogenated alkanes) is 4. The summed E-state index contributed by atoms with van der Waals surface area (Å²) in [5.74, 6) is 0. The summed E-state index contributed by atoms with van der Waals surface area (Å²) >= 11 is 0. The molecule has 102 valence electrons. The molecule has 0 aliphatic rings. The number of aromatic nitrogens is 1. The fourth-order valence-corrected chi connectivity index (χ4v) is 2.04. The maximum Gasteiger partial charge on any atom is 0.0270 e. The minimum Gasteiger partial charge on any atom is -0.330 e. The zero-order chi connectivity index (χ0) is 13.1. The van der Waals surface area contributed by atoms with E-state index in [2.05, 4.69) is 29.1 Å². The second-order valence-corrected chi connectivity index (χ2v) is 4.97. The van der Waals surface area contributed by atoms with E-state index in [1.54, 1.807) is 0 Å². The Bertz CT molecular complexity index is 287. The van der Waals surface area contributed by atoms with Crippen LogP contribution in [0.5, 0.6) is 0 Å². The summed E-state index contributed by atoms with van der Waals surface area (Å²) in [6, 6.07) is 4.20. The van der Waals surface area contributed by atoms with Crippen molar-refractivity contribution >= 4 is 0 Å². The predicted molar refractivity (Wildman–Crippen MR) is 77.6 cm³/mol. The molecule has 1 heterocycles. The molecule has 0 unspecified atom stereocenters. The normalized spacial score (nSPS) is 11.1. The zero-order valence-electron chi connectivity index (χ0n) is 11.6. The molecule has 3 nitrogen and oxygen atoms in total. The van der Waals surface area contributed by atoms with Crippen molar-refractivity contribution in [2.24, 2.45) is 5.73 Å². The Morgan fingerprint density at radius 3 is 2.39 bits per heavy atom. The van der Waals surface area contributed by atoms with Crippen LogP contribution in [0.2, 0.25) is 0 Å². The van der Waals surface area contributed by atoms with Crippen LogP contribution >= 0.6 is 0 Å². The molecule has 18 heavy (non-hydrogen) atoms. The van der Waals surface area contributed by atoms with E-state index in [1.807, 2.05) is 12.4 Å². The van der Waals surface area contributed by atoms with Gasteiger partial charge in [-0.1, -0.05) is 19.3 Å². The Hall–Kier alpha value is -0.930. The van der Waals surface area contributed by atoms with E-state index in [0.717, 1.165) is 19.5 Å². The minimum absolute atomic E-state index is 0.839. The molecule has 0 saturated carbocycles. The summed E-state index contributed by atoms with van der Waals surface area (Å²) in [5.41, 5.74) is 6.85. The van der Waals surface area contributed by atoms with Crippen molar-refractivity contribution < 1.29 is 0 Å². The Morgan fingerprint density at radius 2 is 1.67 bits per heavy atom. The largest absolute Gasteiger partial charge is 0.330 e. The number of nitrogens with two attached hydrogens (primary N) is 1. The van der Waals surface area contributed by atoms with E-state index in [-0.39, 0.29) is 0 Å². The number of pyridine rings is 1. The monoisotopic (exact) mass is 249 g/mol. The summed E-state index contributed by atoms with van der Waals surface area (Å²) in [4.78, 5) is 6.46. The van der Waals surface area contributed by atoms with Gasteiger partial charge in [0.1, 0.15) is 0 Å². The third-order valence-corrected chi connectivity index (χ3v) is 3.28. The molecule has 1 aromatic heterocycles. The van der Waals surface area contributed by atoms with Crippen LogP contribution in [0.4, 0.5) is 0 Å². The van der Waals surface area contributed by atoms with Crippen LogP contribution in [-0.4, -0.2) is 36.6 Å². The lowest BCUT2D eigenvalue weighted by Gasteiger charge is -2.16. The van der Waals surface area contributed by atoms with Crippen molar-refractivity contribution in [1.29, 1.82) is 0 Å². The van der Waals surface area contributed by atoms with Gasteiger partial charge in [0.15, 0.2) is 0 Å². The second kappa shape index (κ2) is 10.0. The highest BCUT2D eigenvalue weighted by molar-refractivity contribution is 5.09. The van der Waals surface area contributed by atoms with Crippen LogP contribution in [0.3, 0.4) is 0 Å². The first-order chi connectivity index (χ1) is 8.83. The van der Waals surface area contributed by atoms with Crippen molar-refractivity contribution in [3.8, 4) is 0 Å². The van der Waals surface area contributed by atoms with Crippen molar-refractivity contribution in [3.63, 3.8) is 0 Å². The highest BCUT2D eigenvalue weighted by Gasteiger charge is 1.99. The fraction of sp³-hybridized carbons (Fsp3) is 0.667. The SMILES string of the molecule is CN(CCCCCCCN)CCc1ccncc1. The van der Waals surface area contributed by atoms with E-state index in [0.29, 0.717) is 0 Å². The molecule has 0 bridgehead atoms. The van der Waals surface area contributed by atoms with E-state index >= 15 is 0 Å². The van der Waals surface area contributed by atoms with Crippen LogP contribution < -0.4 is 5.73 Å². The summed E-state index contributed by atoms with van der Waals surface area (Å²) < 4.78 is 0. The molecular formula is C15H27N3. The molecule has 0 fully saturated rings. The lowest BCUT2D eigenvalue weighted by atomic mass is 10.1. The Kier molecular flexibility index (Phi) is 8.43. The van der Waals surface area contributed by atoms with E-state index in [9.17, 15) is 0 Å². The van der Waals surface area contributed by atoms with Crippen LogP contribution in [0.15, 0.2) is 24.5 Å². The molecule has 0 amide bonds. The van der Waals surface area contributed by atoms with E-state index < -0.39 is 0 Å². The van der Waals surface area contributed by atoms with Gasteiger partial charge in [0, 0.05) is 18.9 Å². The minimum atomic E-state index is 0.839. The number of hydrogen-bond donors (Lipinski definition) is 1. The van der Waals surface area contributed by atoms with Crippen LogP contribution in [0, 0.1) is 0 Å². The second-order valence-electron chi connectivity index (χ2n) is 4.97. The summed E-state index contributed by atoms with van der Waals surface area (Å²) in [7, 11) is 2.21. The first-order valence-corrected chi connectivity index (χ1v) is 7.10. The van der Waals surface area contributed by atoms with Gasteiger partial charge in [-0.25, -0.2) is 0 Å². The summed E-state index contributed by atoms with van der Waals surface area (Å²) in [5, 5.41) is 0. The van der Waals surface area contributed by atoms with Crippen molar-refractivity contribution in [2.75, 3.05) is 26.7 Å². The van der Waals surface area contributed by atoms with Gasteiger partial charge >= 0.3 is 0 Å². The molecule has 0 saturated heterocycles. The quantitative estimate of drug-likeness (QED) is 0.648. The standard InChI is InChI=1S/C15H27N3/c1-18(13-6-4-2-3-5-10-16)14-9-15-7-11-17-12-8-15/h7-8,11-12H,2-6,9-10,13-14,16H2,1H3. The Morgan fingerprint density at radius 1 is 1.00 bits per heavy atom. The highest BCUT2D eigenvalue weighted by Crippen LogP contribution is 2.04. The van der Waals surface area contributed by atoms with Gasteiger partial charge in [0.2, 0.25) is 0 Å². The molecular weight excluding hydrogens is 222 g/mol. The zero-order valence-corrected chi connectivity index (χ0v) is 11.6. The van der Waals surface area contributed by atoms with Gasteiger partial charge in [-0.3, -0.25) is 4.98 Å². The third kappa shape index (κ3) is 7.41. The van der Waals surface area contributed by atoms with Crippen molar-refractivity contribution in [3.05, 3.63) is 30.1 Å². The number of hydrogen-bond acceptors (Lipinski definition) is 3. The van der Waals surface area contributed by atoms with Gasteiger partial charge in [0.25, 0.3) is 0 Å². The summed E-state index contributed by atoms with van der Waals surface area (Å²) in [6.45, 7) is 3.17. The molecule has 1 rings (SSSR count).